The number of nitrogens with zero attached hydrogens (tertiary/aromatic N) is 2. The van der Waals surface area contributed by atoms with Crippen LogP contribution in [0, 0.1) is 13.8 Å². The standard InChI is InChI=1S/C20H24N2.2C3H8/c1-4-18-6-8-19(9-7-18)14-21-11-12-22-15-20-10-5-16(2)13-17(20)3;2*1-3-2/h5-10,13-15H,4,11-12H2,1-3H3;2*3H2,1-2H3. The second kappa shape index (κ2) is 16.9. The molecule has 0 aliphatic rings. The first-order valence-corrected chi connectivity index (χ1v) is 10.7. The van der Waals surface area contributed by atoms with Gasteiger partial charge in [0.1, 0.15) is 0 Å². The SMILES string of the molecule is CCC.CCC.CCc1ccc(C=NCCN=Cc2ccc(C)cc2C)cc1. The Morgan fingerprint density at radius 3 is 1.75 bits per heavy atom. The monoisotopic (exact) mass is 380 g/mol. The molecule has 0 aliphatic heterocycles. The third-order valence-electron chi connectivity index (χ3n) is 3.64. The molecule has 2 aromatic rings. The fourth-order valence-corrected chi connectivity index (χ4v) is 2.26. The van der Waals surface area contributed by atoms with Gasteiger partial charge in [-0.2, -0.15) is 0 Å². The molecular formula is C26H40N2. The van der Waals surface area contributed by atoms with Gasteiger partial charge in [-0.05, 0) is 42.5 Å². The van der Waals surface area contributed by atoms with Gasteiger partial charge in [0.25, 0.3) is 0 Å². The van der Waals surface area contributed by atoms with Crippen LogP contribution in [0.2, 0.25) is 0 Å². The maximum Gasteiger partial charge on any atom is 0.0585 e. The van der Waals surface area contributed by atoms with Gasteiger partial charge in [0.05, 0.1) is 13.1 Å². The molecule has 28 heavy (non-hydrogen) atoms. The van der Waals surface area contributed by atoms with Gasteiger partial charge >= 0.3 is 0 Å². The van der Waals surface area contributed by atoms with Gasteiger partial charge in [0.15, 0.2) is 0 Å². The smallest absolute Gasteiger partial charge is 0.0585 e. The molecule has 0 atom stereocenters. The molecule has 2 rings (SSSR count). The van der Waals surface area contributed by atoms with Gasteiger partial charge < -0.3 is 0 Å². The molecule has 0 aromatic heterocycles. The van der Waals surface area contributed by atoms with E-state index in [0.29, 0.717) is 0 Å². The lowest BCUT2D eigenvalue weighted by Crippen LogP contribution is -1.92. The lowest BCUT2D eigenvalue weighted by molar-refractivity contribution is 0.984. The zero-order valence-electron chi connectivity index (χ0n) is 19.1. The number of aryl methyl sites for hydroxylation is 3. The van der Waals surface area contributed by atoms with Crippen LogP contribution in [0.4, 0.5) is 0 Å². The van der Waals surface area contributed by atoms with E-state index in [1.165, 1.54) is 35.1 Å². The molecule has 154 valence electrons. The van der Waals surface area contributed by atoms with Crippen molar-refractivity contribution in [3.63, 3.8) is 0 Å². The van der Waals surface area contributed by atoms with Crippen molar-refractivity contribution in [2.45, 2.75) is 67.7 Å². The van der Waals surface area contributed by atoms with E-state index in [9.17, 15) is 0 Å². The molecule has 0 fully saturated rings. The van der Waals surface area contributed by atoms with Crippen molar-refractivity contribution in [1.82, 2.24) is 0 Å². The van der Waals surface area contributed by atoms with Crippen LogP contribution >= 0.6 is 0 Å². The first-order valence-electron chi connectivity index (χ1n) is 10.7. The van der Waals surface area contributed by atoms with Crippen molar-refractivity contribution in [1.29, 1.82) is 0 Å². The molecular weight excluding hydrogens is 340 g/mol. The van der Waals surface area contributed by atoms with Crippen LogP contribution in [-0.2, 0) is 6.42 Å². The summed E-state index contributed by atoms with van der Waals surface area (Å²) in [5.41, 5.74) is 6.24. The molecule has 0 heterocycles. The molecule has 0 bridgehead atoms. The molecule has 0 aliphatic carbocycles. The van der Waals surface area contributed by atoms with Gasteiger partial charge in [0.2, 0.25) is 0 Å². The molecule has 0 radical (unpaired) electrons. The van der Waals surface area contributed by atoms with Gasteiger partial charge in [-0.3, -0.25) is 9.98 Å². The Balaban J connectivity index is 0.00000108. The lowest BCUT2D eigenvalue weighted by Gasteiger charge is -2.00. The zero-order valence-corrected chi connectivity index (χ0v) is 19.1. The number of benzene rings is 2. The number of aliphatic imine (C=N–C) groups is 2. The number of rotatable bonds is 6. The first kappa shape index (κ1) is 25.8. The molecule has 2 nitrogen and oxygen atoms in total. The van der Waals surface area contributed by atoms with E-state index >= 15 is 0 Å². The van der Waals surface area contributed by atoms with E-state index in [0.717, 1.165) is 25.1 Å². The highest BCUT2D eigenvalue weighted by Gasteiger charge is 1.94. The summed E-state index contributed by atoms with van der Waals surface area (Å²) in [5.74, 6) is 0. The molecule has 0 N–H and O–H groups in total. The van der Waals surface area contributed by atoms with Crippen molar-refractivity contribution in [3.05, 3.63) is 70.3 Å². The van der Waals surface area contributed by atoms with Crippen LogP contribution in [0.3, 0.4) is 0 Å². The predicted molar refractivity (Wildman–Crippen MR) is 129 cm³/mol. The van der Waals surface area contributed by atoms with Gasteiger partial charge in [-0.1, -0.05) is 95.5 Å². The Bertz CT molecular complexity index is 680. The maximum atomic E-state index is 4.45. The molecule has 0 saturated heterocycles. The minimum Gasteiger partial charge on any atom is -0.291 e. The molecule has 0 unspecified atom stereocenters. The van der Waals surface area contributed by atoms with Crippen LogP contribution in [-0.4, -0.2) is 25.5 Å². The fraction of sp³-hybridized carbons (Fsp3) is 0.462. The van der Waals surface area contributed by atoms with E-state index in [-0.39, 0.29) is 0 Å². The topological polar surface area (TPSA) is 24.7 Å². The van der Waals surface area contributed by atoms with E-state index in [2.05, 4.69) is 101 Å². The van der Waals surface area contributed by atoms with Crippen LogP contribution < -0.4 is 0 Å². The number of hydrogen-bond donors (Lipinski definition) is 0. The molecule has 0 saturated carbocycles. The molecule has 2 heteroatoms. The zero-order chi connectivity index (χ0) is 21.2. The third-order valence-corrected chi connectivity index (χ3v) is 3.64. The first-order chi connectivity index (χ1) is 13.5. The van der Waals surface area contributed by atoms with Crippen molar-refractivity contribution < 1.29 is 0 Å². The third kappa shape index (κ3) is 12.2. The highest BCUT2D eigenvalue weighted by Crippen LogP contribution is 2.08. The lowest BCUT2D eigenvalue weighted by atomic mass is 10.1. The summed E-state index contributed by atoms with van der Waals surface area (Å²) in [7, 11) is 0. The highest BCUT2D eigenvalue weighted by atomic mass is 14.8. The second-order valence-electron chi connectivity index (χ2n) is 6.94. The van der Waals surface area contributed by atoms with E-state index in [4.69, 9.17) is 0 Å². The highest BCUT2D eigenvalue weighted by molar-refractivity contribution is 5.82. The Morgan fingerprint density at radius 2 is 1.25 bits per heavy atom. The van der Waals surface area contributed by atoms with E-state index < -0.39 is 0 Å². The van der Waals surface area contributed by atoms with Crippen LogP contribution in [0.5, 0.6) is 0 Å². The summed E-state index contributed by atoms with van der Waals surface area (Å²) < 4.78 is 0. The summed E-state index contributed by atoms with van der Waals surface area (Å²) in [6, 6.07) is 14.9. The molecule has 0 spiro atoms. The van der Waals surface area contributed by atoms with E-state index in [1.54, 1.807) is 0 Å². The Labute approximate surface area is 173 Å². The van der Waals surface area contributed by atoms with Crippen LogP contribution in [0.25, 0.3) is 0 Å². The summed E-state index contributed by atoms with van der Waals surface area (Å²) in [6.07, 6.45) is 7.44. The van der Waals surface area contributed by atoms with Crippen LogP contribution in [0.15, 0.2) is 52.4 Å². The van der Waals surface area contributed by atoms with Crippen LogP contribution in [0.1, 0.15) is 75.3 Å². The summed E-state index contributed by atoms with van der Waals surface area (Å²) in [5, 5.41) is 0. The minimum atomic E-state index is 0.719. The van der Waals surface area contributed by atoms with E-state index in [1.807, 2.05) is 12.4 Å². The quantitative estimate of drug-likeness (QED) is 0.373. The summed E-state index contributed by atoms with van der Waals surface area (Å²) >= 11 is 0. The maximum absolute atomic E-state index is 4.45. The predicted octanol–water partition coefficient (Wildman–Crippen LogP) is 7.24. The second-order valence-corrected chi connectivity index (χ2v) is 6.94. The number of hydrogen-bond acceptors (Lipinski definition) is 2. The fourth-order valence-electron chi connectivity index (χ4n) is 2.26. The van der Waals surface area contributed by atoms with Crippen molar-refractivity contribution in [2.24, 2.45) is 9.98 Å². The summed E-state index contributed by atoms with van der Waals surface area (Å²) in [6.45, 7) is 16.3. The van der Waals surface area contributed by atoms with Gasteiger partial charge in [-0.25, -0.2) is 0 Å². The average molecular weight is 381 g/mol. The molecule has 0 amide bonds. The van der Waals surface area contributed by atoms with Crippen molar-refractivity contribution in [3.8, 4) is 0 Å². The Hall–Kier alpha value is -2.22. The molecule has 2 aromatic carbocycles. The Kier molecular flexibility index (Phi) is 15.6. The summed E-state index contributed by atoms with van der Waals surface area (Å²) in [4.78, 5) is 8.88. The van der Waals surface area contributed by atoms with Gasteiger partial charge in [0, 0.05) is 12.4 Å². The van der Waals surface area contributed by atoms with Crippen molar-refractivity contribution in [2.75, 3.05) is 13.1 Å². The minimum absolute atomic E-state index is 0.719. The largest absolute Gasteiger partial charge is 0.291 e. The Morgan fingerprint density at radius 1 is 0.714 bits per heavy atom. The normalized spacial score (nSPS) is 10.4. The average Bonchev–Trinajstić information content (AvgIpc) is 2.68. The van der Waals surface area contributed by atoms with Gasteiger partial charge in [-0.15, -0.1) is 0 Å². The van der Waals surface area contributed by atoms with Crippen molar-refractivity contribution >= 4 is 12.4 Å².